The third kappa shape index (κ3) is 4.91. The molecule has 1 amide bonds. The lowest BCUT2D eigenvalue weighted by Gasteiger charge is -2.14. The molecular weight excluding hydrogens is 482 g/mol. The molecule has 1 aromatic heterocycles. The molecule has 0 atom stereocenters. The number of rotatable bonds is 6. The van der Waals surface area contributed by atoms with Crippen molar-refractivity contribution in [1.29, 1.82) is 0 Å². The number of ether oxygens (including phenoxy) is 1. The van der Waals surface area contributed by atoms with Crippen molar-refractivity contribution in [2.24, 2.45) is 5.14 Å². The molecule has 33 heavy (non-hydrogen) atoms. The van der Waals surface area contributed by atoms with Crippen molar-refractivity contribution in [2.45, 2.75) is 4.90 Å². The van der Waals surface area contributed by atoms with Crippen LogP contribution in [0.5, 0.6) is 5.75 Å². The molecule has 7 nitrogen and oxygen atoms in total. The van der Waals surface area contributed by atoms with Gasteiger partial charge in [-0.2, -0.15) is 0 Å². The molecule has 0 spiro atoms. The first-order valence-corrected chi connectivity index (χ1v) is 12.4. The number of hydrogen-bond donors (Lipinski definition) is 2. The van der Waals surface area contributed by atoms with Gasteiger partial charge < -0.3 is 10.1 Å². The van der Waals surface area contributed by atoms with E-state index in [-0.39, 0.29) is 9.36 Å². The van der Waals surface area contributed by atoms with Crippen molar-refractivity contribution in [3.05, 3.63) is 82.1 Å². The van der Waals surface area contributed by atoms with E-state index in [9.17, 15) is 13.2 Å². The highest BCUT2D eigenvalue weighted by molar-refractivity contribution is 7.89. The van der Waals surface area contributed by atoms with E-state index in [2.05, 4.69) is 10.3 Å². The molecule has 0 radical (unpaired) electrons. The van der Waals surface area contributed by atoms with Gasteiger partial charge in [-0.25, -0.2) is 18.5 Å². The zero-order valence-corrected chi connectivity index (χ0v) is 19.7. The minimum absolute atomic E-state index is 0.0357. The van der Waals surface area contributed by atoms with Crippen LogP contribution in [0.3, 0.4) is 0 Å². The molecule has 10 heteroatoms. The second kappa shape index (κ2) is 9.32. The lowest BCUT2D eigenvalue weighted by atomic mass is 10.0. The topological polar surface area (TPSA) is 111 Å². The Balaban J connectivity index is 1.73. The Kier molecular flexibility index (Phi) is 6.48. The third-order valence-electron chi connectivity index (χ3n) is 4.83. The Labute approximate surface area is 199 Å². The van der Waals surface area contributed by atoms with Crippen molar-refractivity contribution in [3.8, 4) is 28.1 Å². The summed E-state index contributed by atoms with van der Waals surface area (Å²) < 4.78 is 29.6. The molecule has 1 heterocycles. The van der Waals surface area contributed by atoms with Gasteiger partial charge in [-0.15, -0.1) is 0 Å². The van der Waals surface area contributed by atoms with Crippen LogP contribution in [0.1, 0.15) is 9.67 Å². The minimum Gasteiger partial charge on any atom is -0.497 e. The van der Waals surface area contributed by atoms with E-state index in [1.807, 2.05) is 0 Å². The molecular formula is C23H18ClN3O4S2. The average molecular weight is 500 g/mol. The molecule has 0 aliphatic heterocycles. The summed E-state index contributed by atoms with van der Waals surface area (Å²) in [6.45, 7) is 0. The van der Waals surface area contributed by atoms with Gasteiger partial charge in [0.15, 0.2) is 4.47 Å². The number of nitrogens with two attached hydrogens (primary N) is 1. The normalized spacial score (nSPS) is 11.2. The molecule has 3 aromatic carbocycles. The maximum absolute atomic E-state index is 13.2. The molecule has 4 aromatic rings. The summed E-state index contributed by atoms with van der Waals surface area (Å²) in [4.78, 5) is 17.8. The van der Waals surface area contributed by atoms with Crippen LogP contribution in [0.15, 0.2) is 77.7 Å². The smallest absolute Gasteiger partial charge is 0.268 e. The number of sulfonamides is 1. The molecule has 3 N–H and O–H groups in total. The van der Waals surface area contributed by atoms with Crippen LogP contribution in [0, 0.1) is 0 Å². The summed E-state index contributed by atoms with van der Waals surface area (Å²) in [6.07, 6.45) is 0. The highest BCUT2D eigenvalue weighted by Crippen LogP contribution is 2.35. The number of amides is 1. The molecule has 0 aliphatic rings. The molecule has 0 saturated carbocycles. The van der Waals surface area contributed by atoms with Crippen molar-refractivity contribution in [2.75, 3.05) is 12.4 Å². The number of carbonyl (C=O) groups excluding carboxylic acids is 1. The molecule has 0 unspecified atom stereocenters. The fraction of sp³-hybridized carbons (Fsp3) is 0.0435. The number of halogens is 1. The van der Waals surface area contributed by atoms with E-state index in [1.165, 1.54) is 6.07 Å². The van der Waals surface area contributed by atoms with E-state index in [0.29, 0.717) is 38.7 Å². The second-order valence-electron chi connectivity index (χ2n) is 6.91. The number of benzene rings is 3. The molecule has 0 bridgehead atoms. The van der Waals surface area contributed by atoms with Crippen LogP contribution >= 0.6 is 22.9 Å². The van der Waals surface area contributed by atoms with E-state index in [1.54, 1.807) is 73.8 Å². The summed E-state index contributed by atoms with van der Waals surface area (Å²) in [5.74, 6) is 0.249. The quantitative estimate of drug-likeness (QED) is 0.386. The van der Waals surface area contributed by atoms with Crippen LogP contribution in [0.4, 0.5) is 5.69 Å². The van der Waals surface area contributed by atoms with Crippen molar-refractivity contribution < 1.29 is 17.9 Å². The van der Waals surface area contributed by atoms with Crippen LogP contribution in [-0.2, 0) is 10.0 Å². The molecule has 0 aliphatic carbocycles. The maximum atomic E-state index is 13.2. The summed E-state index contributed by atoms with van der Waals surface area (Å²) >= 11 is 7.19. The first kappa shape index (κ1) is 22.9. The first-order chi connectivity index (χ1) is 15.8. The Morgan fingerprint density at radius 1 is 1.00 bits per heavy atom. The lowest BCUT2D eigenvalue weighted by molar-refractivity contribution is 0.103. The number of aromatic nitrogens is 1. The van der Waals surface area contributed by atoms with Gasteiger partial charge in [-0.1, -0.05) is 59.3 Å². The Morgan fingerprint density at radius 3 is 2.30 bits per heavy atom. The number of para-hydroxylation sites is 1. The molecule has 0 fully saturated rings. The molecule has 4 rings (SSSR count). The van der Waals surface area contributed by atoms with Crippen molar-refractivity contribution in [1.82, 2.24) is 4.98 Å². The fourth-order valence-electron chi connectivity index (χ4n) is 3.34. The zero-order chi connectivity index (χ0) is 23.6. The van der Waals surface area contributed by atoms with Gasteiger partial charge in [0.25, 0.3) is 5.91 Å². The number of nitrogens with one attached hydrogen (secondary N) is 1. The van der Waals surface area contributed by atoms with Gasteiger partial charge in [0, 0.05) is 22.4 Å². The van der Waals surface area contributed by atoms with E-state index in [0.717, 1.165) is 11.3 Å². The number of nitrogens with zero attached hydrogens (tertiary/aromatic N) is 1. The van der Waals surface area contributed by atoms with Crippen LogP contribution in [-0.4, -0.2) is 26.4 Å². The van der Waals surface area contributed by atoms with E-state index in [4.69, 9.17) is 21.5 Å². The molecule has 0 saturated heterocycles. The molecule has 168 valence electrons. The SMILES string of the molecule is COc1ccc(-c2nc(Cl)sc2C(=O)Nc2ccccc2-c2ccccc2S(N)(=O)=O)cc1. The number of carbonyl (C=O) groups is 1. The van der Waals surface area contributed by atoms with E-state index < -0.39 is 15.9 Å². The van der Waals surface area contributed by atoms with E-state index >= 15 is 0 Å². The largest absolute Gasteiger partial charge is 0.497 e. The average Bonchev–Trinajstić information content (AvgIpc) is 3.21. The Morgan fingerprint density at radius 2 is 1.64 bits per heavy atom. The number of hydrogen-bond acceptors (Lipinski definition) is 6. The number of primary sulfonamides is 1. The standard InChI is InChI=1S/C23H18ClN3O4S2/c1-31-15-12-10-14(11-13-15)20-21(32-23(24)27-20)22(28)26-18-8-4-2-6-16(18)17-7-3-5-9-19(17)33(25,29)30/h2-13H,1H3,(H,26,28)(H2,25,29,30). The predicted octanol–water partition coefficient (Wildman–Crippen LogP) is 5.04. The lowest BCUT2D eigenvalue weighted by Crippen LogP contribution is -2.15. The van der Waals surface area contributed by atoms with Gasteiger partial charge in [0.05, 0.1) is 17.7 Å². The fourth-order valence-corrected chi connectivity index (χ4v) is 5.11. The van der Waals surface area contributed by atoms with Crippen LogP contribution in [0.25, 0.3) is 22.4 Å². The first-order valence-electron chi connectivity index (χ1n) is 9.61. The summed E-state index contributed by atoms with van der Waals surface area (Å²) in [6, 6.07) is 20.3. The number of anilines is 1. The Hall–Kier alpha value is -3.24. The third-order valence-corrected chi connectivity index (χ3v) is 6.96. The number of methoxy groups -OCH3 is 1. The van der Waals surface area contributed by atoms with Crippen molar-refractivity contribution >= 4 is 44.6 Å². The highest BCUT2D eigenvalue weighted by atomic mass is 35.5. The van der Waals surface area contributed by atoms with Crippen molar-refractivity contribution in [3.63, 3.8) is 0 Å². The monoisotopic (exact) mass is 499 g/mol. The minimum atomic E-state index is -3.97. The van der Waals surface area contributed by atoms with Gasteiger partial charge in [0.1, 0.15) is 10.6 Å². The van der Waals surface area contributed by atoms with Gasteiger partial charge >= 0.3 is 0 Å². The summed E-state index contributed by atoms with van der Waals surface area (Å²) in [5.41, 5.74) is 2.46. The number of thiazole rings is 1. The highest BCUT2D eigenvalue weighted by Gasteiger charge is 2.22. The van der Waals surface area contributed by atoms with Gasteiger partial charge in [-0.3, -0.25) is 4.79 Å². The van der Waals surface area contributed by atoms with Gasteiger partial charge in [-0.05, 0) is 36.4 Å². The van der Waals surface area contributed by atoms with Crippen LogP contribution < -0.4 is 15.2 Å². The predicted molar refractivity (Wildman–Crippen MR) is 130 cm³/mol. The maximum Gasteiger partial charge on any atom is 0.268 e. The summed E-state index contributed by atoms with van der Waals surface area (Å²) in [5, 5.41) is 8.26. The Bertz CT molecular complexity index is 1430. The van der Waals surface area contributed by atoms with Gasteiger partial charge in [0.2, 0.25) is 10.0 Å². The van der Waals surface area contributed by atoms with Crippen LogP contribution in [0.2, 0.25) is 4.47 Å². The zero-order valence-electron chi connectivity index (χ0n) is 17.3. The summed E-state index contributed by atoms with van der Waals surface area (Å²) in [7, 11) is -2.40. The second-order valence-corrected chi connectivity index (χ2v) is 10.0.